The van der Waals surface area contributed by atoms with Gasteiger partial charge in [0.25, 0.3) is 11.6 Å². The SMILES string of the molecule is CNc1ccc([N+](=O)[O-])cc1C(=O)N1CCCCCC1. The van der Waals surface area contributed by atoms with Crippen molar-refractivity contribution in [1.29, 1.82) is 0 Å². The number of nitrogens with zero attached hydrogens (tertiary/aromatic N) is 2. The first-order valence-corrected chi connectivity index (χ1v) is 6.89. The second-order valence-electron chi connectivity index (χ2n) is 4.94. The Morgan fingerprint density at radius 2 is 1.90 bits per heavy atom. The molecule has 1 aromatic carbocycles. The van der Waals surface area contributed by atoms with Crippen LogP contribution in [0.4, 0.5) is 11.4 Å². The topological polar surface area (TPSA) is 75.5 Å². The van der Waals surface area contributed by atoms with Crippen molar-refractivity contribution in [2.24, 2.45) is 0 Å². The number of benzene rings is 1. The minimum atomic E-state index is -0.474. The van der Waals surface area contributed by atoms with E-state index in [1.54, 1.807) is 18.0 Å². The van der Waals surface area contributed by atoms with Gasteiger partial charge in [0, 0.05) is 38.0 Å². The Labute approximate surface area is 117 Å². The summed E-state index contributed by atoms with van der Waals surface area (Å²) < 4.78 is 0. The number of nitro groups is 1. The number of hydrogen-bond donors (Lipinski definition) is 1. The number of anilines is 1. The van der Waals surface area contributed by atoms with Crippen LogP contribution >= 0.6 is 0 Å². The number of likely N-dealkylation sites (tertiary alicyclic amines) is 1. The second kappa shape index (κ2) is 6.36. The molecular formula is C14H19N3O3. The molecule has 0 aromatic heterocycles. The van der Waals surface area contributed by atoms with E-state index in [4.69, 9.17) is 0 Å². The molecule has 0 bridgehead atoms. The molecule has 108 valence electrons. The first-order chi connectivity index (χ1) is 9.63. The van der Waals surface area contributed by atoms with Crippen LogP contribution in [0.3, 0.4) is 0 Å². The normalized spacial score (nSPS) is 15.6. The Kier molecular flexibility index (Phi) is 4.55. The molecule has 1 amide bonds. The summed E-state index contributed by atoms with van der Waals surface area (Å²) in [6, 6.07) is 4.35. The highest BCUT2D eigenvalue weighted by Gasteiger charge is 2.22. The molecule has 2 rings (SSSR count). The number of carbonyl (C=O) groups is 1. The van der Waals surface area contributed by atoms with Gasteiger partial charge in [-0.15, -0.1) is 0 Å². The van der Waals surface area contributed by atoms with Gasteiger partial charge in [0.15, 0.2) is 0 Å². The quantitative estimate of drug-likeness (QED) is 0.680. The summed E-state index contributed by atoms with van der Waals surface area (Å²) in [5.41, 5.74) is 0.954. The van der Waals surface area contributed by atoms with Crippen molar-refractivity contribution in [2.75, 3.05) is 25.5 Å². The van der Waals surface area contributed by atoms with Crippen molar-refractivity contribution in [3.63, 3.8) is 0 Å². The van der Waals surface area contributed by atoms with Crippen molar-refractivity contribution in [3.05, 3.63) is 33.9 Å². The number of non-ortho nitro benzene ring substituents is 1. The van der Waals surface area contributed by atoms with Crippen LogP contribution in [0, 0.1) is 10.1 Å². The van der Waals surface area contributed by atoms with Crippen molar-refractivity contribution < 1.29 is 9.72 Å². The predicted octanol–water partition coefficient (Wildman–Crippen LogP) is 2.65. The van der Waals surface area contributed by atoms with Crippen molar-refractivity contribution >= 4 is 17.3 Å². The van der Waals surface area contributed by atoms with Crippen LogP contribution in [-0.4, -0.2) is 35.9 Å². The lowest BCUT2D eigenvalue weighted by Gasteiger charge is -2.21. The summed E-state index contributed by atoms with van der Waals surface area (Å²) in [5, 5.41) is 13.8. The van der Waals surface area contributed by atoms with Crippen molar-refractivity contribution in [2.45, 2.75) is 25.7 Å². The zero-order valence-corrected chi connectivity index (χ0v) is 11.6. The highest BCUT2D eigenvalue weighted by molar-refractivity contribution is 6.00. The van der Waals surface area contributed by atoms with Crippen LogP contribution in [0.15, 0.2) is 18.2 Å². The van der Waals surface area contributed by atoms with Gasteiger partial charge in [-0.2, -0.15) is 0 Å². The van der Waals surface area contributed by atoms with E-state index in [1.807, 2.05) is 0 Å². The van der Waals surface area contributed by atoms with E-state index in [1.165, 1.54) is 12.1 Å². The summed E-state index contributed by atoms with van der Waals surface area (Å²) in [5.74, 6) is -0.125. The molecule has 1 saturated heterocycles. The average molecular weight is 277 g/mol. The lowest BCUT2D eigenvalue weighted by atomic mass is 10.1. The molecule has 1 aliphatic rings. The molecular weight excluding hydrogens is 258 g/mol. The molecule has 6 heteroatoms. The zero-order valence-electron chi connectivity index (χ0n) is 11.6. The van der Waals surface area contributed by atoms with Crippen LogP contribution < -0.4 is 5.32 Å². The van der Waals surface area contributed by atoms with Gasteiger partial charge in [0.2, 0.25) is 0 Å². The van der Waals surface area contributed by atoms with Gasteiger partial charge in [0.1, 0.15) is 0 Å². The van der Waals surface area contributed by atoms with Crippen LogP contribution in [0.5, 0.6) is 0 Å². The minimum Gasteiger partial charge on any atom is -0.387 e. The predicted molar refractivity (Wildman–Crippen MR) is 77.0 cm³/mol. The largest absolute Gasteiger partial charge is 0.387 e. The van der Waals surface area contributed by atoms with Crippen LogP contribution in [0.2, 0.25) is 0 Å². The summed E-state index contributed by atoms with van der Waals surface area (Å²) in [6.45, 7) is 1.45. The molecule has 1 heterocycles. The van der Waals surface area contributed by atoms with E-state index in [2.05, 4.69) is 5.32 Å². The molecule has 0 unspecified atom stereocenters. The third-order valence-corrected chi connectivity index (χ3v) is 3.61. The Morgan fingerprint density at radius 3 is 2.45 bits per heavy atom. The maximum atomic E-state index is 12.6. The third kappa shape index (κ3) is 3.07. The molecule has 0 aliphatic carbocycles. The Bertz CT molecular complexity index is 508. The standard InChI is InChI=1S/C14H19N3O3/c1-15-13-7-6-11(17(19)20)10-12(13)14(18)16-8-4-2-3-5-9-16/h6-7,10,15H,2-5,8-9H2,1H3. The summed E-state index contributed by atoms with van der Waals surface area (Å²) in [4.78, 5) is 24.8. The highest BCUT2D eigenvalue weighted by Crippen LogP contribution is 2.24. The minimum absolute atomic E-state index is 0.0535. The Balaban J connectivity index is 2.31. The van der Waals surface area contributed by atoms with Crippen molar-refractivity contribution in [3.8, 4) is 0 Å². The maximum Gasteiger partial charge on any atom is 0.270 e. The molecule has 1 aliphatic heterocycles. The number of hydrogen-bond acceptors (Lipinski definition) is 4. The summed E-state index contributed by atoms with van der Waals surface area (Å²) in [6.07, 6.45) is 4.26. The number of nitro benzene ring substituents is 1. The lowest BCUT2D eigenvalue weighted by Crippen LogP contribution is -2.32. The fraction of sp³-hybridized carbons (Fsp3) is 0.500. The number of nitrogens with one attached hydrogen (secondary N) is 1. The Morgan fingerprint density at radius 1 is 1.25 bits per heavy atom. The van der Waals surface area contributed by atoms with Gasteiger partial charge in [-0.05, 0) is 18.9 Å². The zero-order chi connectivity index (χ0) is 14.5. The molecule has 6 nitrogen and oxygen atoms in total. The third-order valence-electron chi connectivity index (χ3n) is 3.61. The molecule has 1 aromatic rings. The smallest absolute Gasteiger partial charge is 0.270 e. The van der Waals surface area contributed by atoms with E-state index in [0.29, 0.717) is 11.3 Å². The van der Waals surface area contributed by atoms with Crippen LogP contribution in [-0.2, 0) is 0 Å². The highest BCUT2D eigenvalue weighted by atomic mass is 16.6. The number of amides is 1. The fourth-order valence-corrected chi connectivity index (χ4v) is 2.48. The van der Waals surface area contributed by atoms with Crippen molar-refractivity contribution in [1.82, 2.24) is 4.90 Å². The molecule has 0 spiro atoms. The molecule has 1 fully saturated rings. The van der Waals surface area contributed by atoms with Gasteiger partial charge in [0.05, 0.1) is 10.5 Å². The van der Waals surface area contributed by atoms with Gasteiger partial charge >= 0.3 is 0 Å². The van der Waals surface area contributed by atoms with Gasteiger partial charge in [-0.25, -0.2) is 0 Å². The molecule has 0 atom stereocenters. The molecule has 20 heavy (non-hydrogen) atoms. The van der Waals surface area contributed by atoms with Gasteiger partial charge in [-0.1, -0.05) is 12.8 Å². The first kappa shape index (κ1) is 14.3. The number of carbonyl (C=O) groups excluding carboxylic acids is 1. The van der Waals surface area contributed by atoms with E-state index < -0.39 is 4.92 Å². The summed E-state index contributed by atoms with van der Waals surface area (Å²) >= 11 is 0. The second-order valence-corrected chi connectivity index (χ2v) is 4.94. The number of rotatable bonds is 3. The molecule has 1 N–H and O–H groups in total. The summed E-state index contributed by atoms with van der Waals surface area (Å²) in [7, 11) is 1.71. The van der Waals surface area contributed by atoms with E-state index >= 15 is 0 Å². The van der Waals surface area contributed by atoms with E-state index in [-0.39, 0.29) is 11.6 Å². The maximum absolute atomic E-state index is 12.6. The lowest BCUT2D eigenvalue weighted by molar-refractivity contribution is -0.384. The van der Waals surface area contributed by atoms with Gasteiger partial charge < -0.3 is 10.2 Å². The average Bonchev–Trinajstić information content (AvgIpc) is 2.74. The fourth-order valence-electron chi connectivity index (χ4n) is 2.48. The van der Waals surface area contributed by atoms with Crippen LogP contribution in [0.1, 0.15) is 36.0 Å². The van der Waals surface area contributed by atoms with E-state index in [9.17, 15) is 14.9 Å². The monoisotopic (exact) mass is 277 g/mol. The molecule has 0 radical (unpaired) electrons. The van der Waals surface area contributed by atoms with Gasteiger partial charge in [-0.3, -0.25) is 14.9 Å². The van der Waals surface area contributed by atoms with Crippen LogP contribution in [0.25, 0.3) is 0 Å². The van der Waals surface area contributed by atoms with E-state index in [0.717, 1.165) is 38.8 Å². The molecule has 0 saturated carbocycles. The first-order valence-electron chi connectivity index (χ1n) is 6.89. The Hall–Kier alpha value is -2.11.